The normalized spacial score (nSPS) is 13.4. The van der Waals surface area contributed by atoms with E-state index in [1.807, 2.05) is 18.2 Å². The molecule has 0 saturated heterocycles. The van der Waals surface area contributed by atoms with Gasteiger partial charge >= 0.3 is 5.97 Å². The van der Waals surface area contributed by atoms with Crippen LogP contribution in [0, 0.1) is 5.82 Å². The van der Waals surface area contributed by atoms with Gasteiger partial charge < -0.3 is 14.6 Å². The predicted octanol–water partition coefficient (Wildman–Crippen LogP) is 9.17. The van der Waals surface area contributed by atoms with E-state index < -0.39 is 5.97 Å². The zero-order valence-corrected chi connectivity index (χ0v) is 22.2. The molecule has 1 fully saturated rings. The van der Waals surface area contributed by atoms with Gasteiger partial charge in [-0.2, -0.15) is 0 Å². The SMILES string of the molecule is CCCC.COc1cc(C(=O)O)ccc1NSc1cccc(-c2ccc(C3CCCCC3)cc2)c1F. The Morgan fingerprint density at radius 2 is 1.72 bits per heavy atom. The standard InChI is InChI=1S/C26H26FNO3S.C4H10/c1-31-23-16-20(26(29)30)14-15-22(23)28-32-24-9-5-8-21(25(24)27)19-12-10-18(11-13-19)17-6-3-2-4-7-17;1-3-4-2/h5,8-17,28H,2-4,6-7H2,1H3,(H,29,30);3-4H2,1-2H3. The highest BCUT2D eigenvalue weighted by Crippen LogP contribution is 2.36. The van der Waals surface area contributed by atoms with Crippen LogP contribution in [0.2, 0.25) is 0 Å². The van der Waals surface area contributed by atoms with E-state index >= 15 is 4.39 Å². The number of methoxy groups -OCH3 is 1. The van der Waals surface area contributed by atoms with Crippen molar-refractivity contribution in [2.45, 2.75) is 69.6 Å². The van der Waals surface area contributed by atoms with E-state index in [4.69, 9.17) is 9.84 Å². The van der Waals surface area contributed by atoms with Gasteiger partial charge in [0.1, 0.15) is 11.6 Å². The molecule has 2 N–H and O–H groups in total. The molecule has 0 spiro atoms. The highest BCUT2D eigenvalue weighted by Gasteiger charge is 2.17. The number of anilines is 1. The van der Waals surface area contributed by atoms with Crippen LogP contribution in [0.15, 0.2) is 65.6 Å². The fraction of sp³-hybridized carbons (Fsp3) is 0.367. The fourth-order valence-electron chi connectivity index (χ4n) is 4.20. The van der Waals surface area contributed by atoms with Crippen LogP contribution in [-0.2, 0) is 0 Å². The van der Waals surface area contributed by atoms with Gasteiger partial charge in [-0.25, -0.2) is 9.18 Å². The van der Waals surface area contributed by atoms with E-state index in [1.165, 1.54) is 69.8 Å². The molecule has 1 aliphatic rings. The quantitative estimate of drug-likeness (QED) is 0.296. The minimum Gasteiger partial charge on any atom is -0.495 e. The van der Waals surface area contributed by atoms with Gasteiger partial charge in [-0.15, -0.1) is 0 Å². The topological polar surface area (TPSA) is 58.6 Å². The number of nitrogens with one attached hydrogen (secondary N) is 1. The number of rotatable bonds is 8. The van der Waals surface area contributed by atoms with E-state index in [2.05, 4.69) is 30.7 Å². The molecule has 36 heavy (non-hydrogen) atoms. The molecule has 3 aromatic carbocycles. The van der Waals surface area contributed by atoms with Gasteiger partial charge in [0, 0.05) is 5.56 Å². The number of hydrogen-bond donors (Lipinski definition) is 2. The molecule has 0 bridgehead atoms. The lowest BCUT2D eigenvalue weighted by Crippen LogP contribution is -2.04. The molecule has 3 aromatic rings. The molecule has 1 saturated carbocycles. The first-order valence-corrected chi connectivity index (χ1v) is 13.5. The van der Waals surface area contributed by atoms with Crippen LogP contribution in [0.25, 0.3) is 11.1 Å². The molecular formula is C30H36FNO3S. The Balaban J connectivity index is 0.000000840. The van der Waals surface area contributed by atoms with Crippen LogP contribution < -0.4 is 9.46 Å². The molecule has 0 atom stereocenters. The molecular weight excluding hydrogens is 473 g/mol. The monoisotopic (exact) mass is 509 g/mol. The van der Waals surface area contributed by atoms with Crippen LogP contribution in [-0.4, -0.2) is 18.2 Å². The fourth-order valence-corrected chi connectivity index (χ4v) is 4.94. The summed E-state index contributed by atoms with van der Waals surface area (Å²) in [6, 6.07) is 18.2. The Hall–Kier alpha value is -2.99. The smallest absolute Gasteiger partial charge is 0.335 e. The Kier molecular flexibility index (Phi) is 10.7. The number of unbranched alkanes of at least 4 members (excludes halogenated alkanes) is 1. The number of carboxylic acid groups (broad SMARTS) is 1. The molecule has 192 valence electrons. The molecule has 6 heteroatoms. The number of benzene rings is 3. The molecule has 0 aliphatic heterocycles. The highest BCUT2D eigenvalue weighted by atomic mass is 32.2. The largest absolute Gasteiger partial charge is 0.495 e. The van der Waals surface area contributed by atoms with E-state index in [-0.39, 0.29) is 11.4 Å². The predicted molar refractivity (Wildman–Crippen MR) is 148 cm³/mol. The molecule has 0 aromatic heterocycles. The van der Waals surface area contributed by atoms with Crippen molar-refractivity contribution in [3.05, 3.63) is 77.6 Å². The molecule has 0 heterocycles. The molecule has 0 radical (unpaired) electrons. The van der Waals surface area contributed by atoms with Crippen molar-refractivity contribution >= 4 is 23.6 Å². The highest BCUT2D eigenvalue weighted by molar-refractivity contribution is 8.00. The lowest BCUT2D eigenvalue weighted by molar-refractivity contribution is 0.0696. The molecule has 4 nitrogen and oxygen atoms in total. The average Bonchev–Trinajstić information content (AvgIpc) is 2.93. The van der Waals surface area contributed by atoms with E-state index in [0.29, 0.717) is 27.8 Å². The summed E-state index contributed by atoms with van der Waals surface area (Å²) in [4.78, 5) is 11.6. The summed E-state index contributed by atoms with van der Waals surface area (Å²) in [5, 5.41) is 9.14. The molecule has 1 aliphatic carbocycles. The lowest BCUT2D eigenvalue weighted by atomic mass is 9.84. The Labute approximate surface area is 218 Å². The maximum Gasteiger partial charge on any atom is 0.335 e. The van der Waals surface area contributed by atoms with E-state index in [9.17, 15) is 4.79 Å². The summed E-state index contributed by atoms with van der Waals surface area (Å²) in [5.41, 5.74) is 3.46. The minimum atomic E-state index is -1.03. The van der Waals surface area contributed by atoms with E-state index in [0.717, 1.165) is 17.5 Å². The number of ether oxygens (including phenoxy) is 1. The summed E-state index contributed by atoms with van der Waals surface area (Å²) in [7, 11) is 1.47. The Morgan fingerprint density at radius 3 is 2.33 bits per heavy atom. The zero-order valence-electron chi connectivity index (χ0n) is 21.4. The average molecular weight is 510 g/mol. The number of aromatic carboxylic acids is 1. The van der Waals surface area contributed by atoms with Gasteiger partial charge in [0.15, 0.2) is 0 Å². The van der Waals surface area contributed by atoms with Crippen LogP contribution in [0.4, 0.5) is 10.1 Å². The van der Waals surface area contributed by atoms with Crippen molar-refractivity contribution in [1.82, 2.24) is 0 Å². The zero-order chi connectivity index (χ0) is 25.9. The third-order valence-electron chi connectivity index (χ3n) is 6.48. The van der Waals surface area contributed by atoms with Crippen molar-refractivity contribution in [3.8, 4) is 16.9 Å². The summed E-state index contributed by atoms with van der Waals surface area (Å²) in [6.07, 6.45) is 9.02. The minimum absolute atomic E-state index is 0.127. The first-order valence-electron chi connectivity index (χ1n) is 12.7. The van der Waals surface area contributed by atoms with Crippen LogP contribution in [0.5, 0.6) is 5.75 Å². The lowest BCUT2D eigenvalue weighted by Gasteiger charge is -2.22. The Bertz CT molecular complexity index is 1130. The van der Waals surface area contributed by atoms with E-state index in [1.54, 1.807) is 18.2 Å². The van der Waals surface area contributed by atoms with Gasteiger partial charge in [0.25, 0.3) is 0 Å². The van der Waals surface area contributed by atoms with Crippen molar-refractivity contribution in [2.75, 3.05) is 11.8 Å². The van der Waals surface area contributed by atoms with Gasteiger partial charge in [-0.05, 0) is 66.1 Å². The van der Waals surface area contributed by atoms with Gasteiger partial charge in [-0.3, -0.25) is 0 Å². The first kappa shape index (κ1) is 27.6. The number of carbonyl (C=O) groups is 1. The second kappa shape index (κ2) is 13.9. The summed E-state index contributed by atoms with van der Waals surface area (Å²) < 4.78 is 23.7. The van der Waals surface area contributed by atoms with Crippen LogP contribution in [0.1, 0.15) is 80.6 Å². The maximum atomic E-state index is 15.3. The third kappa shape index (κ3) is 7.26. The number of carboxylic acids is 1. The first-order chi connectivity index (χ1) is 17.5. The Morgan fingerprint density at radius 1 is 1.03 bits per heavy atom. The van der Waals surface area contributed by atoms with Gasteiger partial charge in [0.05, 0.1) is 23.3 Å². The molecule has 0 unspecified atom stereocenters. The van der Waals surface area contributed by atoms with Crippen LogP contribution >= 0.6 is 11.9 Å². The second-order valence-corrected chi connectivity index (χ2v) is 9.85. The van der Waals surface area contributed by atoms with Gasteiger partial charge in [-0.1, -0.05) is 82.3 Å². The summed E-state index contributed by atoms with van der Waals surface area (Å²) in [5.74, 6) is -0.323. The van der Waals surface area contributed by atoms with Gasteiger partial charge in [0.2, 0.25) is 0 Å². The summed E-state index contributed by atoms with van der Waals surface area (Å²) in [6.45, 7) is 4.36. The van der Waals surface area contributed by atoms with Crippen molar-refractivity contribution in [3.63, 3.8) is 0 Å². The number of halogens is 1. The molecule has 4 rings (SSSR count). The second-order valence-electron chi connectivity index (χ2n) is 9.00. The maximum absolute atomic E-state index is 15.3. The van der Waals surface area contributed by atoms with Crippen LogP contribution in [0.3, 0.4) is 0 Å². The third-order valence-corrected chi connectivity index (χ3v) is 7.34. The van der Waals surface area contributed by atoms with Crippen molar-refractivity contribution in [2.24, 2.45) is 0 Å². The summed E-state index contributed by atoms with van der Waals surface area (Å²) >= 11 is 1.13. The molecule has 0 amide bonds. The van der Waals surface area contributed by atoms with Crippen molar-refractivity contribution < 1.29 is 19.0 Å². The number of hydrogen-bond acceptors (Lipinski definition) is 4. The van der Waals surface area contributed by atoms with Crippen molar-refractivity contribution in [1.29, 1.82) is 0 Å².